The Kier molecular flexibility index (Phi) is 8.35. The van der Waals surface area contributed by atoms with Crippen LogP contribution in [0.3, 0.4) is 0 Å². The van der Waals surface area contributed by atoms with Crippen molar-refractivity contribution in [3.8, 4) is 11.5 Å². The Bertz CT molecular complexity index is 708. The van der Waals surface area contributed by atoms with E-state index in [1.165, 1.54) is 6.08 Å². The minimum atomic E-state index is -0.229. The molecule has 3 rings (SSSR count). The Morgan fingerprint density at radius 3 is 2.03 bits per heavy atom. The van der Waals surface area contributed by atoms with Crippen LogP contribution in [0.5, 0.6) is 11.5 Å². The first-order valence-electron chi connectivity index (χ1n) is 11.4. The van der Waals surface area contributed by atoms with Gasteiger partial charge >= 0.3 is 11.9 Å². The van der Waals surface area contributed by atoms with Crippen LogP contribution in [-0.4, -0.2) is 24.6 Å². The molecule has 2 fully saturated rings. The van der Waals surface area contributed by atoms with Gasteiger partial charge in [0.2, 0.25) is 0 Å². The van der Waals surface area contributed by atoms with Gasteiger partial charge in [-0.1, -0.05) is 6.08 Å². The van der Waals surface area contributed by atoms with Crippen molar-refractivity contribution in [2.75, 3.05) is 6.61 Å². The summed E-state index contributed by atoms with van der Waals surface area (Å²) in [6.45, 7) is 4.38. The molecule has 0 aromatic heterocycles. The normalized spacial score (nSPS) is 26.9. The van der Waals surface area contributed by atoms with E-state index in [1.54, 1.807) is 18.2 Å². The molecule has 2 aliphatic rings. The smallest absolute Gasteiger partial charge is 0.330 e. The molecular weight excluding hydrogens is 380 g/mol. The van der Waals surface area contributed by atoms with E-state index >= 15 is 0 Å². The van der Waals surface area contributed by atoms with E-state index in [2.05, 4.69) is 0 Å². The minimum Gasteiger partial charge on any atom is -0.494 e. The lowest BCUT2D eigenvalue weighted by molar-refractivity contribution is -0.145. The molecule has 0 radical (unpaired) electrons. The third-order valence-electron chi connectivity index (χ3n) is 6.43. The fourth-order valence-corrected chi connectivity index (χ4v) is 4.81. The second-order valence-electron chi connectivity index (χ2n) is 8.41. The monoisotopic (exact) mass is 414 g/mol. The molecule has 0 atom stereocenters. The molecule has 0 spiro atoms. The molecule has 30 heavy (non-hydrogen) atoms. The van der Waals surface area contributed by atoms with Gasteiger partial charge in [0.25, 0.3) is 0 Å². The summed E-state index contributed by atoms with van der Waals surface area (Å²) in [6.07, 6.45) is 11.3. The van der Waals surface area contributed by atoms with Gasteiger partial charge in [0, 0.05) is 6.08 Å². The molecule has 164 valence electrons. The van der Waals surface area contributed by atoms with Gasteiger partial charge in [-0.25, -0.2) is 4.79 Å². The molecule has 0 N–H and O–H groups in total. The van der Waals surface area contributed by atoms with Gasteiger partial charge < -0.3 is 14.2 Å². The summed E-state index contributed by atoms with van der Waals surface area (Å²) in [5.74, 6) is 2.37. The van der Waals surface area contributed by atoms with E-state index in [0.717, 1.165) is 57.1 Å². The number of allylic oxidation sites excluding steroid dienone is 1. The predicted octanol–water partition coefficient (Wildman–Crippen LogP) is 5.48. The molecule has 2 aliphatic carbocycles. The molecule has 0 heterocycles. The van der Waals surface area contributed by atoms with E-state index in [0.29, 0.717) is 24.2 Å². The number of hydrogen-bond acceptors (Lipinski definition) is 5. The van der Waals surface area contributed by atoms with Crippen molar-refractivity contribution in [1.29, 1.82) is 0 Å². The second-order valence-corrected chi connectivity index (χ2v) is 8.41. The average Bonchev–Trinajstić information content (AvgIpc) is 2.76. The topological polar surface area (TPSA) is 61.8 Å². The fraction of sp³-hybridized carbons (Fsp3) is 0.600. The molecule has 5 heteroatoms. The van der Waals surface area contributed by atoms with Gasteiger partial charge in [0.05, 0.1) is 12.5 Å². The highest BCUT2D eigenvalue weighted by Crippen LogP contribution is 2.41. The lowest BCUT2D eigenvalue weighted by atomic mass is 9.70. The van der Waals surface area contributed by atoms with E-state index in [9.17, 15) is 9.59 Å². The molecule has 1 aromatic carbocycles. The van der Waals surface area contributed by atoms with Gasteiger partial charge in [-0.05, 0) is 101 Å². The largest absolute Gasteiger partial charge is 0.494 e. The van der Waals surface area contributed by atoms with Crippen LogP contribution in [0.1, 0.15) is 65.2 Å². The zero-order valence-corrected chi connectivity index (χ0v) is 18.2. The Morgan fingerprint density at radius 1 is 0.900 bits per heavy atom. The lowest BCUT2D eigenvalue weighted by Gasteiger charge is -2.37. The van der Waals surface area contributed by atoms with Crippen molar-refractivity contribution in [2.24, 2.45) is 17.8 Å². The third kappa shape index (κ3) is 6.35. The second kappa shape index (κ2) is 11.2. The van der Waals surface area contributed by atoms with Crippen molar-refractivity contribution in [1.82, 2.24) is 0 Å². The maximum absolute atomic E-state index is 12.6. The number of rotatable bonds is 7. The molecule has 0 amide bonds. The van der Waals surface area contributed by atoms with Crippen molar-refractivity contribution in [2.45, 2.75) is 71.3 Å². The fourth-order valence-electron chi connectivity index (χ4n) is 4.81. The quantitative estimate of drug-likeness (QED) is 0.336. The van der Waals surface area contributed by atoms with E-state index in [1.807, 2.05) is 26.0 Å². The summed E-state index contributed by atoms with van der Waals surface area (Å²) in [5.41, 5.74) is 0. The van der Waals surface area contributed by atoms with Crippen LogP contribution in [0.25, 0.3) is 0 Å². The number of ether oxygens (including phenoxy) is 3. The summed E-state index contributed by atoms with van der Waals surface area (Å²) in [4.78, 5) is 24.2. The molecule has 1 aromatic rings. The third-order valence-corrected chi connectivity index (χ3v) is 6.43. The highest BCUT2D eigenvalue weighted by atomic mass is 16.5. The van der Waals surface area contributed by atoms with Gasteiger partial charge in [-0.15, -0.1) is 0 Å². The average molecular weight is 415 g/mol. The van der Waals surface area contributed by atoms with Gasteiger partial charge in [-0.2, -0.15) is 0 Å². The zero-order chi connectivity index (χ0) is 21.3. The van der Waals surface area contributed by atoms with Crippen LogP contribution in [0, 0.1) is 17.8 Å². The maximum Gasteiger partial charge on any atom is 0.330 e. The zero-order valence-electron chi connectivity index (χ0n) is 18.2. The Labute approximate surface area is 179 Å². The Balaban J connectivity index is 1.39. The van der Waals surface area contributed by atoms with Crippen LogP contribution in [0.2, 0.25) is 0 Å². The van der Waals surface area contributed by atoms with E-state index in [-0.39, 0.29) is 24.0 Å². The van der Waals surface area contributed by atoms with Crippen molar-refractivity contribution in [3.05, 3.63) is 36.4 Å². The number of carbonyl (C=O) groups is 2. The Hall–Kier alpha value is -2.30. The molecule has 0 saturated heterocycles. The van der Waals surface area contributed by atoms with Gasteiger partial charge in [0.1, 0.15) is 17.6 Å². The predicted molar refractivity (Wildman–Crippen MR) is 115 cm³/mol. The van der Waals surface area contributed by atoms with Crippen LogP contribution >= 0.6 is 0 Å². The van der Waals surface area contributed by atoms with Crippen LogP contribution in [0.15, 0.2) is 36.4 Å². The molecule has 0 aliphatic heterocycles. The molecule has 2 saturated carbocycles. The maximum atomic E-state index is 12.6. The van der Waals surface area contributed by atoms with Crippen LogP contribution < -0.4 is 9.47 Å². The summed E-state index contributed by atoms with van der Waals surface area (Å²) in [7, 11) is 0. The SMILES string of the molecule is CC=CC(=O)OC1CCC(C2CCC(C(=O)Oc3ccc(OCC)cc3)CC2)CC1. The van der Waals surface area contributed by atoms with Crippen molar-refractivity contribution >= 4 is 11.9 Å². The minimum absolute atomic E-state index is 0.00839. The summed E-state index contributed by atoms with van der Waals surface area (Å²) >= 11 is 0. The van der Waals surface area contributed by atoms with Crippen molar-refractivity contribution < 1.29 is 23.8 Å². The molecular formula is C25H34O5. The summed E-state index contributed by atoms with van der Waals surface area (Å²) in [5, 5.41) is 0. The number of carbonyl (C=O) groups excluding carboxylic acids is 2. The van der Waals surface area contributed by atoms with Crippen LogP contribution in [0.4, 0.5) is 0 Å². The first-order valence-corrected chi connectivity index (χ1v) is 11.4. The van der Waals surface area contributed by atoms with Gasteiger partial charge in [-0.3, -0.25) is 4.79 Å². The standard InChI is InChI=1S/C25H34O5/c1-3-5-24(26)29-22-12-10-19(11-13-22)18-6-8-20(9-7-18)25(27)30-23-16-14-21(15-17-23)28-4-2/h3,5,14-20,22H,4,6-13H2,1-2H3. The molecule has 5 nitrogen and oxygen atoms in total. The summed E-state index contributed by atoms with van der Waals surface area (Å²) in [6, 6.07) is 7.23. The number of benzene rings is 1. The Morgan fingerprint density at radius 2 is 1.47 bits per heavy atom. The first kappa shape index (κ1) is 22.4. The highest BCUT2D eigenvalue weighted by molar-refractivity contribution is 5.81. The summed E-state index contributed by atoms with van der Waals surface area (Å²) < 4.78 is 16.5. The van der Waals surface area contributed by atoms with E-state index in [4.69, 9.17) is 14.2 Å². The molecule has 0 unspecified atom stereocenters. The number of esters is 2. The van der Waals surface area contributed by atoms with Gasteiger partial charge in [0.15, 0.2) is 0 Å². The molecule has 0 bridgehead atoms. The first-order chi connectivity index (χ1) is 14.6. The van der Waals surface area contributed by atoms with Crippen LogP contribution in [-0.2, 0) is 14.3 Å². The van der Waals surface area contributed by atoms with Crippen molar-refractivity contribution in [3.63, 3.8) is 0 Å². The highest BCUT2D eigenvalue weighted by Gasteiger charge is 2.34. The van der Waals surface area contributed by atoms with E-state index < -0.39 is 0 Å². The number of hydrogen-bond donors (Lipinski definition) is 0. The lowest BCUT2D eigenvalue weighted by Crippen LogP contribution is -2.31.